The van der Waals surface area contributed by atoms with Crippen molar-refractivity contribution in [2.24, 2.45) is 0 Å². The molecule has 1 saturated heterocycles. The maximum Gasteiger partial charge on any atom is 0.0826 e. The van der Waals surface area contributed by atoms with Crippen molar-refractivity contribution in [3.8, 4) is 0 Å². The van der Waals surface area contributed by atoms with E-state index >= 15 is 0 Å². The second-order valence-corrected chi connectivity index (χ2v) is 4.92. The smallest absolute Gasteiger partial charge is 0.0826 e. The lowest BCUT2D eigenvalue weighted by atomic mass is 10.2. The summed E-state index contributed by atoms with van der Waals surface area (Å²) >= 11 is 1.91. The first kappa shape index (κ1) is 13.3. The average molecular weight is 232 g/mol. The van der Waals surface area contributed by atoms with Crippen molar-refractivity contribution in [1.29, 1.82) is 0 Å². The van der Waals surface area contributed by atoms with E-state index in [4.69, 9.17) is 4.74 Å². The molecule has 1 unspecified atom stereocenters. The number of likely N-dealkylation sites (N-methyl/N-ethyl adjacent to an activating group) is 1. The first-order valence-electron chi connectivity index (χ1n) is 5.90. The van der Waals surface area contributed by atoms with Crippen LogP contribution in [-0.2, 0) is 4.74 Å². The van der Waals surface area contributed by atoms with Gasteiger partial charge < -0.3 is 10.1 Å². The van der Waals surface area contributed by atoms with Crippen molar-refractivity contribution in [1.82, 2.24) is 10.2 Å². The molecule has 0 spiro atoms. The Bertz CT molecular complexity index is 158. The van der Waals surface area contributed by atoms with Gasteiger partial charge in [0.15, 0.2) is 0 Å². The highest BCUT2D eigenvalue weighted by Crippen LogP contribution is 2.03. The third-order valence-corrected chi connectivity index (χ3v) is 3.44. The van der Waals surface area contributed by atoms with Gasteiger partial charge in [-0.05, 0) is 31.5 Å². The van der Waals surface area contributed by atoms with Gasteiger partial charge in [0, 0.05) is 19.6 Å². The van der Waals surface area contributed by atoms with Gasteiger partial charge in [-0.15, -0.1) is 0 Å². The fourth-order valence-electron chi connectivity index (χ4n) is 1.80. The van der Waals surface area contributed by atoms with E-state index in [1.807, 2.05) is 11.8 Å². The number of ether oxygens (including phenoxy) is 1. The first-order valence-corrected chi connectivity index (χ1v) is 7.29. The molecule has 0 bridgehead atoms. The van der Waals surface area contributed by atoms with Crippen LogP contribution in [0.5, 0.6) is 0 Å². The molecule has 0 aromatic carbocycles. The molecule has 4 heteroatoms. The molecule has 0 radical (unpaired) electrons. The van der Waals surface area contributed by atoms with Crippen LogP contribution < -0.4 is 5.32 Å². The van der Waals surface area contributed by atoms with Crippen molar-refractivity contribution in [2.45, 2.75) is 19.4 Å². The lowest BCUT2D eigenvalue weighted by Gasteiger charge is -2.32. The molecule has 90 valence electrons. The molecule has 1 aliphatic heterocycles. The van der Waals surface area contributed by atoms with Crippen LogP contribution in [0.4, 0.5) is 0 Å². The van der Waals surface area contributed by atoms with Crippen molar-refractivity contribution in [2.75, 3.05) is 51.3 Å². The van der Waals surface area contributed by atoms with Gasteiger partial charge in [0.25, 0.3) is 0 Å². The Balaban J connectivity index is 2.00. The fraction of sp³-hybridized carbons (Fsp3) is 1.00. The van der Waals surface area contributed by atoms with E-state index in [-0.39, 0.29) is 0 Å². The molecule has 0 aromatic heterocycles. The zero-order valence-electron chi connectivity index (χ0n) is 10.00. The summed E-state index contributed by atoms with van der Waals surface area (Å²) in [4.78, 5) is 2.46. The van der Waals surface area contributed by atoms with Crippen molar-refractivity contribution in [3.63, 3.8) is 0 Å². The molecule has 1 atom stereocenters. The average Bonchev–Trinajstić information content (AvgIpc) is 2.29. The zero-order valence-corrected chi connectivity index (χ0v) is 10.8. The summed E-state index contributed by atoms with van der Waals surface area (Å²) in [5.74, 6) is 1.25. The number of hydrogen-bond donors (Lipinski definition) is 1. The van der Waals surface area contributed by atoms with Gasteiger partial charge in [-0.3, -0.25) is 4.90 Å². The van der Waals surface area contributed by atoms with Crippen LogP contribution in [0.15, 0.2) is 0 Å². The second-order valence-electron chi connectivity index (χ2n) is 3.94. The normalized spacial score (nSPS) is 23.2. The molecule has 3 nitrogen and oxygen atoms in total. The summed E-state index contributed by atoms with van der Waals surface area (Å²) in [6.07, 6.45) is 3.81. The summed E-state index contributed by atoms with van der Waals surface area (Å²) in [6, 6.07) is 0. The lowest BCUT2D eigenvalue weighted by molar-refractivity contribution is -0.0251. The highest BCUT2D eigenvalue weighted by molar-refractivity contribution is 7.98. The zero-order chi connectivity index (χ0) is 10.9. The summed E-state index contributed by atoms with van der Waals surface area (Å²) in [5.41, 5.74) is 0. The van der Waals surface area contributed by atoms with E-state index < -0.39 is 0 Å². The highest BCUT2D eigenvalue weighted by atomic mass is 32.2. The SMILES string of the molecule is CCN1CCOC(CNCCCSC)C1. The van der Waals surface area contributed by atoms with Gasteiger partial charge in [-0.25, -0.2) is 0 Å². The predicted molar refractivity (Wildman–Crippen MR) is 67.7 cm³/mol. The van der Waals surface area contributed by atoms with Gasteiger partial charge in [0.2, 0.25) is 0 Å². The Morgan fingerprint density at radius 1 is 1.53 bits per heavy atom. The van der Waals surface area contributed by atoms with E-state index in [2.05, 4.69) is 23.4 Å². The van der Waals surface area contributed by atoms with Crippen LogP contribution in [0.2, 0.25) is 0 Å². The lowest BCUT2D eigenvalue weighted by Crippen LogP contribution is -2.46. The summed E-state index contributed by atoms with van der Waals surface area (Å²) in [7, 11) is 0. The van der Waals surface area contributed by atoms with Crippen LogP contribution >= 0.6 is 11.8 Å². The van der Waals surface area contributed by atoms with E-state index in [0.717, 1.165) is 39.3 Å². The topological polar surface area (TPSA) is 24.5 Å². The molecule has 1 fully saturated rings. The number of thioether (sulfide) groups is 1. The number of nitrogens with one attached hydrogen (secondary N) is 1. The molecule has 1 rings (SSSR count). The molecule has 1 aliphatic rings. The third-order valence-electron chi connectivity index (χ3n) is 2.74. The number of morpholine rings is 1. The maximum absolute atomic E-state index is 5.71. The molecule has 15 heavy (non-hydrogen) atoms. The van der Waals surface area contributed by atoms with E-state index in [9.17, 15) is 0 Å². The largest absolute Gasteiger partial charge is 0.374 e. The van der Waals surface area contributed by atoms with Crippen LogP contribution in [0.3, 0.4) is 0 Å². The fourth-order valence-corrected chi connectivity index (χ4v) is 2.23. The van der Waals surface area contributed by atoms with Gasteiger partial charge in [-0.1, -0.05) is 6.92 Å². The van der Waals surface area contributed by atoms with E-state index in [0.29, 0.717) is 6.10 Å². The maximum atomic E-state index is 5.71. The molecule has 1 N–H and O–H groups in total. The van der Waals surface area contributed by atoms with E-state index in [1.54, 1.807) is 0 Å². The van der Waals surface area contributed by atoms with Crippen molar-refractivity contribution >= 4 is 11.8 Å². The quantitative estimate of drug-likeness (QED) is 0.663. The minimum atomic E-state index is 0.396. The van der Waals surface area contributed by atoms with Crippen LogP contribution in [0.1, 0.15) is 13.3 Å². The Morgan fingerprint density at radius 2 is 2.40 bits per heavy atom. The first-order chi connectivity index (χ1) is 7.36. The number of nitrogens with zero attached hydrogens (tertiary/aromatic N) is 1. The Labute approximate surface area is 97.9 Å². The molecule has 1 heterocycles. The Hall–Kier alpha value is 0.230. The Kier molecular flexibility index (Phi) is 7.44. The summed E-state index contributed by atoms with van der Waals surface area (Å²) < 4.78 is 5.71. The highest BCUT2D eigenvalue weighted by Gasteiger charge is 2.18. The predicted octanol–water partition coefficient (Wildman–Crippen LogP) is 1.05. The number of rotatable bonds is 7. The molecule has 0 amide bonds. The van der Waals surface area contributed by atoms with Gasteiger partial charge in [-0.2, -0.15) is 11.8 Å². The molecular formula is C11H24N2OS. The third kappa shape index (κ3) is 5.76. The molecule has 0 saturated carbocycles. The van der Waals surface area contributed by atoms with Crippen molar-refractivity contribution in [3.05, 3.63) is 0 Å². The van der Waals surface area contributed by atoms with Gasteiger partial charge in [0.05, 0.1) is 12.7 Å². The minimum Gasteiger partial charge on any atom is -0.374 e. The van der Waals surface area contributed by atoms with Gasteiger partial charge in [0.1, 0.15) is 0 Å². The van der Waals surface area contributed by atoms with Crippen LogP contribution in [0, 0.1) is 0 Å². The van der Waals surface area contributed by atoms with Crippen LogP contribution in [0.25, 0.3) is 0 Å². The standard InChI is InChI=1S/C11H24N2OS/c1-3-13-6-7-14-11(10-13)9-12-5-4-8-15-2/h11-12H,3-10H2,1-2H3. The number of hydrogen-bond acceptors (Lipinski definition) is 4. The Morgan fingerprint density at radius 3 is 3.13 bits per heavy atom. The minimum absolute atomic E-state index is 0.396. The second kappa shape index (κ2) is 8.39. The van der Waals surface area contributed by atoms with Crippen molar-refractivity contribution < 1.29 is 4.74 Å². The van der Waals surface area contributed by atoms with Gasteiger partial charge >= 0.3 is 0 Å². The molecular weight excluding hydrogens is 208 g/mol. The molecule has 0 aromatic rings. The van der Waals surface area contributed by atoms with E-state index in [1.165, 1.54) is 12.2 Å². The summed E-state index contributed by atoms with van der Waals surface area (Å²) in [5, 5.41) is 3.47. The molecule has 0 aliphatic carbocycles. The monoisotopic (exact) mass is 232 g/mol. The summed E-state index contributed by atoms with van der Waals surface area (Å²) in [6.45, 7) is 8.56. The van der Waals surface area contributed by atoms with Crippen LogP contribution in [-0.4, -0.2) is 62.3 Å².